The van der Waals surface area contributed by atoms with Crippen molar-refractivity contribution in [2.75, 3.05) is 16.0 Å². The van der Waals surface area contributed by atoms with Crippen LogP contribution in [-0.4, -0.2) is 27.6 Å². The molecule has 1 aliphatic carbocycles. The summed E-state index contributed by atoms with van der Waals surface area (Å²) in [6.45, 7) is 6.09. The van der Waals surface area contributed by atoms with Gasteiger partial charge in [0.1, 0.15) is 17.5 Å². The third kappa shape index (κ3) is 5.80. The Kier molecular flexibility index (Phi) is 8.17. The van der Waals surface area contributed by atoms with E-state index in [0.717, 1.165) is 52.8 Å². The summed E-state index contributed by atoms with van der Waals surface area (Å²) >= 11 is 2.25. The number of anilines is 2. The number of aryl methyl sites for hydroxylation is 1. The van der Waals surface area contributed by atoms with Crippen LogP contribution < -0.4 is 16.0 Å². The summed E-state index contributed by atoms with van der Waals surface area (Å²) in [4.78, 5) is 27.8. The molecule has 3 aromatic rings. The summed E-state index contributed by atoms with van der Waals surface area (Å²) in [5.74, 6) is -2.67. The Morgan fingerprint density at radius 3 is 2.62 bits per heavy atom. The van der Waals surface area contributed by atoms with E-state index in [9.17, 15) is 23.6 Å². The largest absolute Gasteiger partial charge is 0.384 e. The SMILES string of the molecule is CCc1ccc(C2C(C#N)=C(N)N(c3nnc(SCC(=O)Nc4ccc(F)cc4F)s3)C3=C2C(=O)CC(C)(C)C3)cc1. The molecule has 0 bridgehead atoms. The zero-order valence-corrected chi connectivity index (χ0v) is 24.8. The quantitative estimate of drug-likeness (QED) is 0.312. The first-order valence-electron chi connectivity index (χ1n) is 13.3. The van der Waals surface area contributed by atoms with Gasteiger partial charge in [0.25, 0.3) is 0 Å². The van der Waals surface area contributed by atoms with Gasteiger partial charge in [0, 0.05) is 23.8 Å². The van der Waals surface area contributed by atoms with Crippen molar-refractivity contribution in [3.8, 4) is 6.07 Å². The Labute approximate surface area is 250 Å². The highest BCUT2D eigenvalue weighted by molar-refractivity contribution is 8.01. The molecule has 0 fully saturated rings. The first-order chi connectivity index (χ1) is 20.0. The van der Waals surface area contributed by atoms with Crippen molar-refractivity contribution in [3.05, 3.63) is 87.9 Å². The van der Waals surface area contributed by atoms with Crippen LogP contribution in [0.3, 0.4) is 0 Å². The molecule has 0 radical (unpaired) electrons. The molecule has 8 nitrogen and oxygen atoms in total. The number of benzene rings is 2. The number of nitrogens with one attached hydrogen (secondary N) is 1. The maximum absolute atomic E-state index is 13.9. The number of ketones is 1. The van der Waals surface area contributed by atoms with Crippen molar-refractivity contribution in [3.63, 3.8) is 0 Å². The van der Waals surface area contributed by atoms with Gasteiger partial charge in [-0.05, 0) is 41.5 Å². The highest BCUT2D eigenvalue weighted by atomic mass is 32.2. The van der Waals surface area contributed by atoms with Gasteiger partial charge in [0.2, 0.25) is 11.0 Å². The number of carbonyl (C=O) groups is 2. The van der Waals surface area contributed by atoms with Gasteiger partial charge in [-0.15, -0.1) is 10.2 Å². The molecule has 5 rings (SSSR count). The Morgan fingerprint density at radius 1 is 1.21 bits per heavy atom. The van der Waals surface area contributed by atoms with Gasteiger partial charge in [0.15, 0.2) is 10.1 Å². The van der Waals surface area contributed by atoms with Gasteiger partial charge in [0.05, 0.1) is 29.0 Å². The number of allylic oxidation sites excluding steroid dienone is 3. The van der Waals surface area contributed by atoms with E-state index in [1.807, 2.05) is 38.1 Å². The number of thioether (sulfide) groups is 1. The smallest absolute Gasteiger partial charge is 0.234 e. The van der Waals surface area contributed by atoms with E-state index in [1.165, 1.54) is 0 Å². The average molecular weight is 607 g/mol. The first-order valence-corrected chi connectivity index (χ1v) is 15.1. The molecule has 0 spiro atoms. The zero-order valence-electron chi connectivity index (χ0n) is 23.2. The third-order valence-electron chi connectivity index (χ3n) is 7.22. The van der Waals surface area contributed by atoms with Crippen molar-refractivity contribution in [1.29, 1.82) is 5.26 Å². The fourth-order valence-corrected chi connectivity index (χ4v) is 6.94. The fourth-order valence-electron chi connectivity index (χ4n) is 5.26. The molecule has 2 aromatic carbocycles. The Hall–Kier alpha value is -4.08. The minimum Gasteiger partial charge on any atom is -0.384 e. The van der Waals surface area contributed by atoms with E-state index in [0.29, 0.717) is 39.6 Å². The number of hydrogen-bond acceptors (Lipinski definition) is 9. The van der Waals surface area contributed by atoms with E-state index in [-0.39, 0.29) is 34.0 Å². The monoisotopic (exact) mass is 606 g/mol. The van der Waals surface area contributed by atoms with Gasteiger partial charge < -0.3 is 11.1 Å². The number of amides is 1. The Balaban J connectivity index is 1.45. The van der Waals surface area contributed by atoms with Gasteiger partial charge in [-0.1, -0.05) is 68.1 Å². The molecule has 3 N–H and O–H groups in total. The Bertz CT molecular complexity index is 1670. The number of Topliss-reactive ketones (excluding diaryl/α,β-unsaturated/α-hetero) is 1. The maximum Gasteiger partial charge on any atom is 0.234 e. The van der Waals surface area contributed by atoms with Gasteiger partial charge >= 0.3 is 0 Å². The molecule has 216 valence electrons. The standard InChI is InChI=1S/C30H28F2N6O2S2/c1-4-16-5-7-17(8-6-16)25-19(14-33)27(34)38(22-12-30(2,3)13-23(39)26(22)25)28-36-37-29(42-28)41-15-24(40)35-21-10-9-18(31)11-20(21)32/h5-11,25H,4,12-13,15,34H2,1-3H3,(H,35,40). The van der Waals surface area contributed by atoms with Crippen LogP contribution in [0.15, 0.2) is 69.5 Å². The number of rotatable bonds is 7. The van der Waals surface area contributed by atoms with Crippen LogP contribution in [0.5, 0.6) is 0 Å². The lowest BCUT2D eigenvalue weighted by atomic mass is 9.68. The molecule has 1 atom stereocenters. The zero-order chi connectivity index (χ0) is 30.2. The second-order valence-electron chi connectivity index (χ2n) is 10.9. The topological polar surface area (TPSA) is 125 Å². The van der Waals surface area contributed by atoms with Crippen LogP contribution in [-0.2, 0) is 16.0 Å². The van der Waals surface area contributed by atoms with Crippen molar-refractivity contribution < 1.29 is 18.4 Å². The second kappa shape index (κ2) is 11.7. The van der Waals surface area contributed by atoms with Crippen LogP contribution in [0.2, 0.25) is 0 Å². The van der Waals surface area contributed by atoms with E-state index >= 15 is 0 Å². The van der Waals surface area contributed by atoms with Crippen molar-refractivity contribution in [2.45, 2.75) is 50.3 Å². The van der Waals surface area contributed by atoms with E-state index in [4.69, 9.17) is 5.73 Å². The van der Waals surface area contributed by atoms with E-state index in [2.05, 4.69) is 28.5 Å². The summed E-state index contributed by atoms with van der Waals surface area (Å²) in [6.07, 6.45) is 1.73. The summed E-state index contributed by atoms with van der Waals surface area (Å²) < 4.78 is 27.5. The minimum atomic E-state index is -0.874. The number of carbonyl (C=O) groups excluding carboxylic acids is 2. The molecule has 1 aromatic heterocycles. The van der Waals surface area contributed by atoms with Crippen molar-refractivity contribution in [2.24, 2.45) is 11.1 Å². The highest BCUT2D eigenvalue weighted by Crippen LogP contribution is 2.50. The summed E-state index contributed by atoms with van der Waals surface area (Å²) in [5.41, 5.74) is 9.66. The Morgan fingerprint density at radius 2 is 1.95 bits per heavy atom. The van der Waals surface area contributed by atoms with Crippen LogP contribution in [0.25, 0.3) is 0 Å². The molecule has 12 heteroatoms. The summed E-state index contributed by atoms with van der Waals surface area (Å²) in [7, 11) is 0. The first kappa shape index (κ1) is 29.4. The summed E-state index contributed by atoms with van der Waals surface area (Å²) in [6, 6.07) is 13.0. The third-order valence-corrected chi connectivity index (χ3v) is 9.26. The molecule has 2 aliphatic rings. The van der Waals surface area contributed by atoms with E-state index < -0.39 is 23.5 Å². The normalized spacial score (nSPS) is 18.1. The maximum atomic E-state index is 13.9. The molecular weight excluding hydrogens is 579 g/mol. The molecule has 1 amide bonds. The molecule has 2 heterocycles. The van der Waals surface area contributed by atoms with Crippen molar-refractivity contribution >= 4 is 45.6 Å². The average Bonchev–Trinajstić information content (AvgIpc) is 3.40. The number of nitriles is 1. The minimum absolute atomic E-state index is 0.0418. The van der Waals surface area contributed by atoms with Crippen LogP contribution in [0.4, 0.5) is 19.6 Å². The molecule has 1 unspecified atom stereocenters. The number of aromatic nitrogens is 2. The van der Waals surface area contributed by atoms with Gasteiger partial charge in [-0.3, -0.25) is 14.5 Å². The van der Waals surface area contributed by atoms with Crippen LogP contribution >= 0.6 is 23.1 Å². The molecule has 0 saturated carbocycles. The van der Waals surface area contributed by atoms with Gasteiger partial charge in [-0.2, -0.15) is 5.26 Å². The number of hydrogen-bond donors (Lipinski definition) is 2. The lowest BCUT2D eigenvalue weighted by molar-refractivity contribution is -0.118. The molecule has 1 aliphatic heterocycles. The second-order valence-corrected chi connectivity index (χ2v) is 13.1. The number of nitrogens with zero attached hydrogens (tertiary/aromatic N) is 4. The summed E-state index contributed by atoms with van der Waals surface area (Å²) in [5, 5.41) is 21.5. The lowest BCUT2D eigenvalue weighted by Crippen LogP contribution is -2.42. The van der Waals surface area contributed by atoms with E-state index in [1.54, 1.807) is 4.90 Å². The van der Waals surface area contributed by atoms with Crippen molar-refractivity contribution in [1.82, 2.24) is 10.2 Å². The van der Waals surface area contributed by atoms with Crippen LogP contribution in [0.1, 0.15) is 50.7 Å². The highest BCUT2D eigenvalue weighted by Gasteiger charge is 2.45. The number of nitrogens with two attached hydrogens (primary N) is 1. The molecule has 0 saturated heterocycles. The predicted octanol–water partition coefficient (Wildman–Crippen LogP) is 6.05. The molecular formula is C30H28F2N6O2S2. The van der Waals surface area contributed by atoms with Crippen LogP contribution in [0, 0.1) is 28.4 Å². The molecule has 42 heavy (non-hydrogen) atoms. The number of halogens is 2. The predicted molar refractivity (Wildman–Crippen MR) is 159 cm³/mol. The lowest BCUT2D eigenvalue weighted by Gasteiger charge is -2.42. The fraction of sp³-hybridized carbons (Fsp3) is 0.300. The van der Waals surface area contributed by atoms with Gasteiger partial charge in [-0.25, -0.2) is 8.78 Å².